The van der Waals surface area contributed by atoms with Crippen LogP contribution in [0.3, 0.4) is 0 Å². The zero-order chi connectivity index (χ0) is 20.6. The number of benzene rings is 2. The van der Waals surface area contributed by atoms with Crippen molar-refractivity contribution >= 4 is 40.3 Å². The Hall–Kier alpha value is -2.98. The maximum atomic E-state index is 14.1. The molecule has 0 radical (unpaired) electrons. The van der Waals surface area contributed by atoms with Gasteiger partial charge >= 0.3 is 0 Å². The molecule has 2 aromatic carbocycles. The molecule has 1 fully saturated rings. The van der Waals surface area contributed by atoms with E-state index in [2.05, 4.69) is 4.85 Å². The summed E-state index contributed by atoms with van der Waals surface area (Å²) in [4.78, 5) is 19.3. The minimum Gasteiger partial charge on any atom is -0.491 e. The van der Waals surface area contributed by atoms with Gasteiger partial charge in [-0.25, -0.2) is 9.24 Å². The fourth-order valence-electron chi connectivity index (χ4n) is 3.13. The molecule has 1 saturated heterocycles. The zero-order valence-corrected chi connectivity index (χ0v) is 16.9. The molecule has 0 saturated carbocycles. The number of hydrogen-bond acceptors (Lipinski definition) is 3. The first-order valence-electron chi connectivity index (χ1n) is 8.79. The molecule has 1 heterocycles. The Kier molecular flexibility index (Phi) is 5.09. The van der Waals surface area contributed by atoms with Gasteiger partial charge in [-0.1, -0.05) is 6.07 Å². The van der Waals surface area contributed by atoms with Crippen molar-refractivity contribution in [3.63, 3.8) is 0 Å². The van der Waals surface area contributed by atoms with Crippen molar-refractivity contribution in [2.24, 2.45) is 0 Å². The van der Waals surface area contributed by atoms with Gasteiger partial charge < -0.3 is 9.64 Å². The molecule has 0 spiro atoms. The second kappa shape index (κ2) is 7.21. The summed E-state index contributed by atoms with van der Waals surface area (Å²) in [6.45, 7) is 14.4. The monoisotopic (exact) mass is 397 g/mol. The van der Waals surface area contributed by atoms with Crippen LogP contribution < -0.4 is 14.5 Å². The van der Waals surface area contributed by atoms with Gasteiger partial charge in [0.05, 0.1) is 18.4 Å². The van der Waals surface area contributed by atoms with Crippen LogP contribution in [0.15, 0.2) is 42.5 Å². The van der Waals surface area contributed by atoms with E-state index in [1.54, 1.807) is 18.7 Å². The van der Waals surface area contributed by atoms with Crippen LogP contribution in [-0.2, 0) is 4.79 Å². The second-order valence-corrected chi connectivity index (χ2v) is 7.59. The summed E-state index contributed by atoms with van der Waals surface area (Å²) in [6.07, 6.45) is 0.0561. The molecular weight excluding hydrogens is 377 g/mol. The SMILES string of the molecule is [C-]#[N+]c1ccc(N2C(=O)C(C)(C)N(c3ccc(OC(C)C)cc3)C2=S)cc1F. The maximum Gasteiger partial charge on any atom is 0.259 e. The summed E-state index contributed by atoms with van der Waals surface area (Å²) in [6, 6.07) is 11.4. The molecule has 1 amide bonds. The number of carbonyl (C=O) groups excluding carboxylic acids is 1. The van der Waals surface area contributed by atoms with Crippen molar-refractivity contribution in [2.75, 3.05) is 9.80 Å². The first kappa shape index (κ1) is 19.8. The van der Waals surface area contributed by atoms with E-state index in [1.165, 1.54) is 17.0 Å². The van der Waals surface area contributed by atoms with Gasteiger partial charge in [-0.2, -0.15) is 0 Å². The zero-order valence-electron chi connectivity index (χ0n) is 16.1. The Morgan fingerprint density at radius 3 is 2.29 bits per heavy atom. The summed E-state index contributed by atoms with van der Waals surface area (Å²) >= 11 is 5.58. The van der Waals surface area contributed by atoms with Gasteiger partial charge in [0.15, 0.2) is 5.11 Å². The minimum absolute atomic E-state index is 0.0561. The van der Waals surface area contributed by atoms with Crippen molar-refractivity contribution in [1.29, 1.82) is 0 Å². The lowest BCUT2D eigenvalue weighted by atomic mass is 10.0. The number of amides is 1. The van der Waals surface area contributed by atoms with Crippen LogP contribution >= 0.6 is 12.2 Å². The van der Waals surface area contributed by atoms with Gasteiger partial charge in [-0.15, -0.1) is 0 Å². The average molecular weight is 397 g/mol. The quantitative estimate of drug-likeness (QED) is 0.533. The van der Waals surface area contributed by atoms with Crippen LogP contribution in [0.2, 0.25) is 0 Å². The summed E-state index contributed by atoms with van der Waals surface area (Å²) in [5, 5.41) is 0.252. The molecule has 3 rings (SSSR count). The van der Waals surface area contributed by atoms with Crippen molar-refractivity contribution in [3.05, 3.63) is 59.7 Å². The third kappa shape index (κ3) is 3.32. The van der Waals surface area contributed by atoms with Gasteiger partial charge in [0.25, 0.3) is 5.91 Å². The van der Waals surface area contributed by atoms with E-state index in [0.717, 1.165) is 17.5 Å². The van der Waals surface area contributed by atoms with Crippen molar-refractivity contribution in [1.82, 2.24) is 0 Å². The Bertz CT molecular complexity index is 980. The van der Waals surface area contributed by atoms with E-state index in [9.17, 15) is 9.18 Å². The molecule has 144 valence electrons. The molecule has 0 aliphatic carbocycles. The maximum absolute atomic E-state index is 14.1. The predicted octanol–water partition coefficient (Wildman–Crippen LogP) is 5.08. The highest BCUT2D eigenvalue weighted by molar-refractivity contribution is 7.81. The third-order valence-electron chi connectivity index (χ3n) is 4.44. The number of carbonyl (C=O) groups is 1. The van der Waals surface area contributed by atoms with Gasteiger partial charge in [0.2, 0.25) is 5.69 Å². The number of hydrogen-bond donors (Lipinski definition) is 0. The van der Waals surface area contributed by atoms with E-state index in [4.69, 9.17) is 23.5 Å². The molecule has 0 atom stereocenters. The second-order valence-electron chi connectivity index (χ2n) is 7.23. The highest BCUT2D eigenvalue weighted by Crippen LogP contribution is 2.37. The number of ether oxygens (including phenoxy) is 1. The van der Waals surface area contributed by atoms with Crippen LogP contribution in [0.4, 0.5) is 21.5 Å². The number of thiocarbonyl (C=S) groups is 1. The van der Waals surface area contributed by atoms with Crippen LogP contribution in [0, 0.1) is 12.4 Å². The topological polar surface area (TPSA) is 37.1 Å². The van der Waals surface area contributed by atoms with Crippen LogP contribution in [0.5, 0.6) is 5.75 Å². The van der Waals surface area contributed by atoms with E-state index in [-0.39, 0.29) is 22.8 Å². The molecule has 7 heteroatoms. The van der Waals surface area contributed by atoms with Gasteiger partial charge in [-0.3, -0.25) is 9.69 Å². The van der Waals surface area contributed by atoms with Crippen molar-refractivity contribution in [2.45, 2.75) is 39.3 Å². The molecule has 0 unspecified atom stereocenters. The Balaban J connectivity index is 1.98. The predicted molar refractivity (Wildman–Crippen MR) is 112 cm³/mol. The minimum atomic E-state index is -0.952. The van der Waals surface area contributed by atoms with E-state index >= 15 is 0 Å². The lowest BCUT2D eigenvalue weighted by molar-refractivity contribution is -0.120. The summed E-state index contributed by atoms with van der Waals surface area (Å²) in [5.74, 6) is -0.230. The lowest BCUT2D eigenvalue weighted by Gasteiger charge is -2.29. The van der Waals surface area contributed by atoms with Crippen molar-refractivity contribution in [3.8, 4) is 5.75 Å². The van der Waals surface area contributed by atoms with Crippen LogP contribution in [0.25, 0.3) is 4.85 Å². The summed E-state index contributed by atoms with van der Waals surface area (Å²) in [7, 11) is 0. The van der Waals surface area contributed by atoms with Crippen LogP contribution in [0.1, 0.15) is 27.7 Å². The van der Waals surface area contributed by atoms with Gasteiger partial charge in [0, 0.05) is 5.69 Å². The molecule has 5 nitrogen and oxygen atoms in total. The first-order valence-corrected chi connectivity index (χ1v) is 9.20. The number of halogens is 1. The Morgan fingerprint density at radius 2 is 1.75 bits per heavy atom. The normalized spacial score (nSPS) is 15.9. The molecule has 2 aromatic rings. The third-order valence-corrected chi connectivity index (χ3v) is 4.81. The number of rotatable bonds is 4. The molecule has 28 heavy (non-hydrogen) atoms. The molecule has 1 aliphatic rings. The van der Waals surface area contributed by atoms with Crippen LogP contribution in [-0.4, -0.2) is 22.7 Å². The fraction of sp³-hybridized carbons (Fsp3) is 0.286. The van der Waals surface area contributed by atoms with E-state index < -0.39 is 11.4 Å². The van der Waals surface area contributed by atoms with E-state index in [1.807, 2.05) is 38.1 Å². The summed E-state index contributed by atoms with van der Waals surface area (Å²) < 4.78 is 19.8. The average Bonchev–Trinajstić information content (AvgIpc) is 2.80. The Morgan fingerprint density at radius 1 is 1.14 bits per heavy atom. The fourth-order valence-corrected chi connectivity index (χ4v) is 3.65. The summed E-state index contributed by atoms with van der Waals surface area (Å²) in [5.41, 5.74) is -0.0134. The van der Waals surface area contributed by atoms with Crippen molar-refractivity contribution < 1.29 is 13.9 Å². The highest BCUT2D eigenvalue weighted by Gasteiger charge is 2.50. The molecule has 0 aromatic heterocycles. The largest absolute Gasteiger partial charge is 0.491 e. The first-order chi connectivity index (χ1) is 13.2. The lowest BCUT2D eigenvalue weighted by Crippen LogP contribution is -2.44. The molecule has 1 aliphatic heterocycles. The number of nitrogens with zero attached hydrogens (tertiary/aromatic N) is 3. The molecule has 0 N–H and O–H groups in total. The number of anilines is 2. The van der Waals surface area contributed by atoms with E-state index in [0.29, 0.717) is 5.69 Å². The smallest absolute Gasteiger partial charge is 0.259 e. The highest BCUT2D eigenvalue weighted by atomic mass is 32.1. The van der Waals surface area contributed by atoms with Gasteiger partial charge in [-0.05, 0) is 76.3 Å². The standard InChI is InChI=1S/C21H20FN3O2S/c1-13(2)27-16-9-6-14(7-10-16)25-20(28)24(19(26)21(25,3)4)15-8-11-18(23-5)17(22)12-15/h6-13H,1-4H3. The molecular formula is C21H20FN3O2S. The Labute approximate surface area is 169 Å². The molecule has 0 bridgehead atoms. The van der Waals surface area contributed by atoms with Gasteiger partial charge in [0.1, 0.15) is 17.1 Å².